The van der Waals surface area contributed by atoms with Gasteiger partial charge in [0.05, 0.1) is 53.2 Å². The molecule has 16 heteroatoms. The van der Waals surface area contributed by atoms with E-state index in [0.29, 0.717) is 10.0 Å². The van der Waals surface area contributed by atoms with Crippen LogP contribution in [-0.4, -0.2) is 112 Å². The van der Waals surface area contributed by atoms with Gasteiger partial charge in [-0.05, 0) is 47.4 Å². The molecule has 1 aromatic heterocycles. The van der Waals surface area contributed by atoms with Gasteiger partial charge < -0.3 is 29.9 Å². The number of carbonyl (C=O) groups excluding carboxylic acids is 5. The molecule has 2 heterocycles. The summed E-state index contributed by atoms with van der Waals surface area (Å²) in [5.41, 5.74) is -2.86. The molecule has 5 N–H and O–H groups in total. The second-order valence-corrected chi connectivity index (χ2v) is 13.2. The predicted molar refractivity (Wildman–Crippen MR) is 176 cm³/mol. The molecule has 7 rings (SSSR count). The van der Waals surface area contributed by atoms with Crippen LogP contribution in [0.25, 0.3) is 10.8 Å². The third kappa shape index (κ3) is 4.58. The molecular weight excluding hydrogens is 706 g/mol. The number of hydrogen-bond acceptors (Lipinski definition) is 13. The number of halogens is 1. The Kier molecular flexibility index (Phi) is 7.57. The first-order chi connectivity index (χ1) is 23.3. The molecule has 2 aromatic carbocycles. The van der Waals surface area contributed by atoms with Crippen molar-refractivity contribution >= 4 is 62.0 Å². The molecule has 3 aromatic rings. The Morgan fingerprint density at radius 2 is 1.67 bits per heavy atom. The number of aromatic hydroxyl groups is 3. The number of methoxy groups -OCH3 is 1. The van der Waals surface area contributed by atoms with Crippen molar-refractivity contribution in [2.24, 2.45) is 5.10 Å². The lowest BCUT2D eigenvalue weighted by atomic mass is 9.76. The highest BCUT2D eigenvalue weighted by atomic mass is 79.9. The summed E-state index contributed by atoms with van der Waals surface area (Å²) in [6.07, 6.45) is 1.88. The summed E-state index contributed by atoms with van der Waals surface area (Å²) in [6, 6.07) is 1.50. The lowest BCUT2D eigenvalue weighted by molar-refractivity contribution is -0.122. The van der Waals surface area contributed by atoms with Crippen molar-refractivity contribution in [2.75, 3.05) is 46.9 Å². The minimum Gasteiger partial charge on any atom is -0.507 e. The number of nitrogens with one attached hydrogen (secondary N) is 2. The van der Waals surface area contributed by atoms with Gasteiger partial charge in [0.15, 0.2) is 23.1 Å². The summed E-state index contributed by atoms with van der Waals surface area (Å²) in [7, 11) is 3.14. The number of fused-ring (bicyclic) bond motifs is 5. The number of aromatic nitrogens is 1. The number of rotatable bonds is 5. The number of phenolic OH excluding ortho intramolecular Hbond substituents is 3. The van der Waals surface area contributed by atoms with Gasteiger partial charge in [-0.1, -0.05) is 0 Å². The van der Waals surface area contributed by atoms with Crippen molar-refractivity contribution in [1.82, 2.24) is 20.2 Å². The maximum absolute atomic E-state index is 14.2. The van der Waals surface area contributed by atoms with Crippen LogP contribution in [0.3, 0.4) is 0 Å². The van der Waals surface area contributed by atoms with Crippen LogP contribution in [0.4, 0.5) is 0 Å². The number of benzene rings is 2. The number of carbonyl (C=O) groups is 5. The monoisotopic (exact) mass is 733 g/mol. The second-order valence-electron chi connectivity index (χ2n) is 12.4. The highest BCUT2D eigenvalue weighted by molar-refractivity contribution is 9.10. The van der Waals surface area contributed by atoms with Crippen molar-refractivity contribution < 1.29 is 44.0 Å². The van der Waals surface area contributed by atoms with E-state index in [1.807, 2.05) is 11.9 Å². The number of aromatic amines is 1. The van der Waals surface area contributed by atoms with E-state index < -0.39 is 79.4 Å². The fourth-order valence-electron chi connectivity index (χ4n) is 7.29. The number of hydrazone groups is 1. The molecule has 0 bridgehead atoms. The zero-order valence-corrected chi connectivity index (χ0v) is 27.7. The Morgan fingerprint density at radius 1 is 1.02 bits per heavy atom. The number of ketones is 4. The average Bonchev–Trinajstić information content (AvgIpc) is 3.57. The SMILES string of the molecule is COC1=CC(=O)c2c(O)c3c(c(O)c2C1=O)C(=O)[C@]1(CCc2c1c(O)c1c(=O)[nH]c(/C=N/NC(=O)CN4CCN(C)CC4)cc1c2Br)C3=O. The molecule has 1 saturated heterocycles. The smallest absolute Gasteiger partial charge is 0.260 e. The number of allylic oxidation sites excluding steroid dienone is 2. The number of H-pyrrole nitrogens is 1. The molecule has 0 unspecified atom stereocenters. The average molecular weight is 735 g/mol. The van der Waals surface area contributed by atoms with Gasteiger partial charge >= 0.3 is 0 Å². The van der Waals surface area contributed by atoms with Crippen molar-refractivity contribution in [1.29, 1.82) is 0 Å². The summed E-state index contributed by atoms with van der Waals surface area (Å²) in [4.78, 5) is 86.9. The van der Waals surface area contributed by atoms with Crippen LogP contribution in [0.1, 0.15) is 64.7 Å². The first-order valence-corrected chi connectivity index (χ1v) is 16.0. The molecule has 1 spiro atoms. The molecule has 1 aliphatic heterocycles. The number of hydrogen-bond donors (Lipinski definition) is 5. The van der Waals surface area contributed by atoms with Gasteiger partial charge in [-0.3, -0.25) is 33.7 Å². The van der Waals surface area contributed by atoms with E-state index >= 15 is 0 Å². The molecule has 0 radical (unpaired) electrons. The van der Waals surface area contributed by atoms with Gasteiger partial charge in [-0.2, -0.15) is 5.10 Å². The van der Waals surface area contributed by atoms with Crippen molar-refractivity contribution in [3.8, 4) is 17.2 Å². The quantitative estimate of drug-likeness (QED) is 0.108. The Bertz CT molecular complexity index is 2220. The van der Waals surface area contributed by atoms with E-state index in [0.717, 1.165) is 39.4 Å². The molecule has 0 saturated carbocycles. The van der Waals surface area contributed by atoms with E-state index in [4.69, 9.17) is 4.74 Å². The first-order valence-electron chi connectivity index (χ1n) is 15.2. The summed E-state index contributed by atoms with van der Waals surface area (Å²) in [5, 5.41) is 38.0. The van der Waals surface area contributed by atoms with E-state index in [-0.39, 0.29) is 47.3 Å². The summed E-state index contributed by atoms with van der Waals surface area (Å²) >= 11 is 3.49. The summed E-state index contributed by atoms with van der Waals surface area (Å²) < 4.78 is 5.23. The lowest BCUT2D eigenvalue weighted by Gasteiger charge is -2.31. The Hall–Kier alpha value is -5.19. The van der Waals surface area contributed by atoms with Gasteiger partial charge in [0.25, 0.3) is 11.5 Å². The van der Waals surface area contributed by atoms with E-state index in [2.05, 4.69) is 36.3 Å². The van der Waals surface area contributed by atoms with E-state index in [1.165, 1.54) is 12.3 Å². The number of Topliss-reactive ketones (excluding diaryl/α,β-unsaturated/α-hetero) is 3. The fraction of sp³-hybridized carbons (Fsp3) is 0.303. The van der Waals surface area contributed by atoms with Crippen LogP contribution >= 0.6 is 15.9 Å². The molecule has 3 aliphatic carbocycles. The minimum absolute atomic E-state index is 0.0535. The number of likely N-dealkylation sites (N-methyl/N-ethyl adjacent to an activating group) is 1. The number of amides is 1. The fourth-order valence-corrected chi connectivity index (χ4v) is 8.00. The maximum Gasteiger partial charge on any atom is 0.260 e. The molecular formula is C33H28BrN5O10. The highest BCUT2D eigenvalue weighted by Gasteiger charge is 2.62. The van der Waals surface area contributed by atoms with Crippen LogP contribution in [-0.2, 0) is 21.4 Å². The number of phenols is 3. The van der Waals surface area contributed by atoms with Crippen LogP contribution in [0.5, 0.6) is 17.2 Å². The standard InChI is InChI=1S/C33H28BrN5O10/c1-38-5-7-39(8-6-38)12-18(41)37-35-11-13-9-15-19(32(48)36-13)29(45)24-14(25(15)34)3-4-33(24)30(46)22-23(31(33)47)28(44)21-20(27(22)43)16(40)10-17(49-2)26(21)42/h9-11,43-45H,3-8,12H2,1-2H3,(H,36,48)(H,37,41)/b35-11+/t33-/m0/s1. The first kappa shape index (κ1) is 32.4. The largest absolute Gasteiger partial charge is 0.507 e. The normalized spacial score (nSPS) is 20.7. The Labute approximate surface area is 285 Å². The molecule has 1 atom stereocenters. The minimum atomic E-state index is -2.18. The van der Waals surface area contributed by atoms with Crippen molar-refractivity contribution in [2.45, 2.75) is 18.3 Å². The summed E-state index contributed by atoms with van der Waals surface area (Å²) in [5.74, 6) is -7.26. The molecule has 4 aliphatic rings. The zero-order chi connectivity index (χ0) is 35.1. The van der Waals surface area contributed by atoms with Crippen molar-refractivity contribution in [3.63, 3.8) is 0 Å². The zero-order valence-electron chi connectivity index (χ0n) is 26.1. The molecule has 49 heavy (non-hydrogen) atoms. The van der Waals surface area contributed by atoms with Gasteiger partial charge in [-0.25, -0.2) is 5.43 Å². The number of nitrogens with zero attached hydrogens (tertiary/aromatic N) is 3. The van der Waals surface area contributed by atoms with E-state index in [9.17, 15) is 44.1 Å². The van der Waals surface area contributed by atoms with Gasteiger partial charge in [-0.15, -0.1) is 0 Å². The van der Waals surface area contributed by atoms with Crippen molar-refractivity contribution in [3.05, 3.63) is 71.8 Å². The van der Waals surface area contributed by atoms with Gasteiger partial charge in [0.1, 0.15) is 22.7 Å². The third-order valence-electron chi connectivity index (χ3n) is 9.72. The van der Waals surface area contributed by atoms with E-state index in [1.54, 1.807) is 0 Å². The molecule has 1 amide bonds. The molecule has 252 valence electrons. The molecule has 15 nitrogen and oxygen atoms in total. The predicted octanol–water partition coefficient (Wildman–Crippen LogP) is 1.28. The topological polar surface area (TPSA) is 219 Å². The number of pyridine rings is 1. The van der Waals surface area contributed by atoms with Crippen LogP contribution in [0, 0.1) is 0 Å². The number of piperazine rings is 1. The Balaban J connectivity index is 1.27. The number of ether oxygens (including phenoxy) is 1. The Morgan fingerprint density at radius 3 is 2.33 bits per heavy atom. The van der Waals surface area contributed by atoms with Gasteiger partial charge in [0, 0.05) is 47.7 Å². The second kappa shape index (κ2) is 11.5. The maximum atomic E-state index is 14.2. The third-order valence-corrected chi connectivity index (χ3v) is 10.6. The van der Waals surface area contributed by atoms with Gasteiger partial charge in [0.2, 0.25) is 5.78 Å². The molecule has 1 fully saturated rings. The van der Waals surface area contributed by atoms with Crippen LogP contribution < -0.4 is 11.0 Å². The highest BCUT2D eigenvalue weighted by Crippen LogP contribution is 2.58. The lowest BCUT2D eigenvalue weighted by Crippen LogP contribution is -2.47. The summed E-state index contributed by atoms with van der Waals surface area (Å²) in [6.45, 7) is 3.34. The van der Waals surface area contributed by atoms with Crippen LogP contribution in [0.15, 0.2) is 32.3 Å². The van der Waals surface area contributed by atoms with Crippen LogP contribution in [0.2, 0.25) is 0 Å².